The van der Waals surface area contributed by atoms with Crippen LogP contribution in [0, 0.1) is 0 Å². The standard InChI is InChI=1S/C35H43ClN4O2/c1-38(2)35(17-7-4-8-18-35)24-37-34(41)26-12-14-33(30(36)22-26)42-27-15-19-40(20-16-27)23-25-11-13-32-29(21-25)28-9-5-6-10-31(28)39(32)3/h5-6,9-14,21-22,27H,4,7-8,15-20,23-24H2,1-3H3,(H,37,41). The van der Waals surface area contributed by atoms with Gasteiger partial charge in [-0.2, -0.15) is 0 Å². The fourth-order valence-corrected chi connectivity index (χ4v) is 7.24. The van der Waals surface area contributed by atoms with Crippen LogP contribution in [0.3, 0.4) is 0 Å². The van der Waals surface area contributed by atoms with Crippen molar-refractivity contribution >= 4 is 39.3 Å². The largest absolute Gasteiger partial charge is 0.489 e. The highest BCUT2D eigenvalue weighted by Gasteiger charge is 2.34. The van der Waals surface area contributed by atoms with Crippen LogP contribution in [-0.2, 0) is 13.6 Å². The maximum Gasteiger partial charge on any atom is 0.251 e. The number of hydrogen-bond acceptors (Lipinski definition) is 4. The van der Waals surface area contributed by atoms with Crippen molar-refractivity contribution in [1.82, 2.24) is 19.7 Å². The van der Waals surface area contributed by atoms with Crippen LogP contribution >= 0.6 is 11.6 Å². The van der Waals surface area contributed by atoms with E-state index < -0.39 is 0 Å². The quantitative estimate of drug-likeness (QED) is 0.241. The predicted octanol–water partition coefficient (Wildman–Crippen LogP) is 7.02. The summed E-state index contributed by atoms with van der Waals surface area (Å²) in [6.45, 7) is 3.54. The topological polar surface area (TPSA) is 49.7 Å². The molecule has 0 bridgehead atoms. The third-order valence-electron chi connectivity index (χ3n) is 9.72. The summed E-state index contributed by atoms with van der Waals surface area (Å²) in [7, 11) is 6.38. The zero-order valence-corrected chi connectivity index (χ0v) is 25.9. The molecule has 222 valence electrons. The van der Waals surface area contributed by atoms with Crippen LogP contribution < -0.4 is 10.1 Å². The van der Waals surface area contributed by atoms with Gasteiger partial charge in [-0.15, -0.1) is 0 Å². The van der Waals surface area contributed by atoms with Gasteiger partial charge in [-0.3, -0.25) is 9.69 Å². The summed E-state index contributed by atoms with van der Waals surface area (Å²) in [5.41, 5.74) is 4.50. The molecule has 6 rings (SSSR count). The number of carbonyl (C=O) groups excluding carboxylic acids is 1. The Morgan fingerprint density at radius 1 is 0.976 bits per heavy atom. The van der Waals surface area contributed by atoms with Crippen LogP contribution in [0.4, 0.5) is 0 Å². The van der Waals surface area contributed by atoms with Gasteiger partial charge in [0.05, 0.1) is 5.02 Å². The molecule has 0 atom stereocenters. The molecule has 2 aliphatic rings. The van der Waals surface area contributed by atoms with E-state index in [2.05, 4.69) is 83.3 Å². The molecule has 2 fully saturated rings. The summed E-state index contributed by atoms with van der Waals surface area (Å²) >= 11 is 6.62. The number of ether oxygens (including phenoxy) is 1. The highest BCUT2D eigenvalue weighted by Crippen LogP contribution is 2.33. The van der Waals surface area contributed by atoms with E-state index in [1.165, 1.54) is 46.6 Å². The van der Waals surface area contributed by atoms with E-state index in [4.69, 9.17) is 16.3 Å². The first-order chi connectivity index (χ1) is 20.3. The van der Waals surface area contributed by atoms with Crippen LogP contribution in [0.2, 0.25) is 5.02 Å². The number of hydrogen-bond donors (Lipinski definition) is 1. The van der Waals surface area contributed by atoms with Crippen LogP contribution in [0.1, 0.15) is 60.9 Å². The molecule has 1 saturated carbocycles. The van der Waals surface area contributed by atoms with Crippen molar-refractivity contribution in [3.8, 4) is 5.75 Å². The second-order valence-electron chi connectivity index (χ2n) is 12.5. The van der Waals surface area contributed by atoms with Crippen molar-refractivity contribution in [2.75, 3.05) is 33.7 Å². The molecule has 1 aliphatic heterocycles. The predicted molar refractivity (Wildman–Crippen MR) is 173 cm³/mol. The number of aryl methyl sites for hydroxylation is 1. The average Bonchev–Trinajstić information content (AvgIpc) is 3.29. The molecule has 1 N–H and O–H groups in total. The number of piperidine rings is 1. The minimum absolute atomic E-state index is 0.0400. The molecule has 1 amide bonds. The lowest BCUT2D eigenvalue weighted by molar-refractivity contribution is 0.0799. The van der Waals surface area contributed by atoms with E-state index in [1.54, 1.807) is 6.07 Å². The van der Waals surface area contributed by atoms with Gasteiger partial charge in [-0.1, -0.05) is 55.1 Å². The van der Waals surface area contributed by atoms with Gasteiger partial charge in [0.25, 0.3) is 5.91 Å². The summed E-state index contributed by atoms with van der Waals surface area (Å²) in [6.07, 6.45) is 7.95. The van der Waals surface area contributed by atoms with Crippen molar-refractivity contribution < 1.29 is 9.53 Å². The van der Waals surface area contributed by atoms with Crippen molar-refractivity contribution in [3.05, 3.63) is 76.8 Å². The first kappa shape index (κ1) is 29.0. The lowest BCUT2D eigenvalue weighted by atomic mass is 9.80. The molecule has 4 aromatic rings. The Bertz CT molecular complexity index is 1560. The maximum absolute atomic E-state index is 13.0. The van der Waals surface area contributed by atoms with E-state index in [0.717, 1.165) is 45.3 Å². The minimum Gasteiger partial charge on any atom is -0.489 e. The van der Waals surface area contributed by atoms with Gasteiger partial charge in [-0.05, 0) is 81.7 Å². The summed E-state index contributed by atoms with van der Waals surface area (Å²) < 4.78 is 8.61. The molecular weight excluding hydrogens is 544 g/mol. The second kappa shape index (κ2) is 12.3. The first-order valence-electron chi connectivity index (χ1n) is 15.4. The molecule has 6 nitrogen and oxygen atoms in total. The van der Waals surface area contributed by atoms with Crippen molar-refractivity contribution in [3.63, 3.8) is 0 Å². The summed E-state index contributed by atoms with van der Waals surface area (Å²) in [4.78, 5) is 17.8. The molecule has 0 unspecified atom stereocenters. The molecule has 3 aromatic carbocycles. The Kier molecular flexibility index (Phi) is 8.49. The third-order valence-corrected chi connectivity index (χ3v) is 10.0. The number of para-hydroxylation sites is 1. The number of amides is 1. The van der Waals surface area contributed by atoms with Gasteiger partial charge in [-0.25, -0.2) is 0 Å². The molecule has 0 spiro atoms. The average molecular weight is 587 g/mol. The number of benzene rings is 3. The number of likely N-dealkylation sites (N-methyl/N-ethyl adjacent to an activating group) is 1. The fourth-order valence-electron chi connectivity index (χ4n) is 7.01. The summed E-state index contributed by atoms with van der Waals surface area (Å²) in [5, 5.41) is 6.30. The van der Waals surface area contributed by atoms with Crippen LogP contribution in [0.15, 0.2) is 60.7 Å². The fraction of sp³-hybridized carbons (Fsp3) is 0.457. The minimum atomic E-state index is -0.0785. The molecule has 2 heterocycles. The van der Waals surface area contributed by atoms with E-state index in [1.807, 2.05) is 12.1 Å². The Hall–Kier alpha value is -3.06. The number of carbonyl (C=O) groups is 1. The van der Waals surface area contributed by atoms with E-state index in [-0.39, 0.29) is 17.6 Å². The van der Waals surface area contributed by atoms with Crippen molar-refractivity contribution in [2.45, 2.75) is 63.1 Å². The number of nitrogens with one attached hydrogen (secondary N) is 1. The van der Waals surface area contributed by atoms with Gasteiger partial charge in [0.1, 0.15) is 11.9 Å². The molecule has 1 saturated heterocycles. The number of rotatable bonds is 8. The number of aromatic nitrogens is 1. The van der Waals surface area contributed by atoms with Gasteiger partial charge >= 0.3 is 0 Å². The molecule has 42 heavy (non-hydrogen) atoms. The molecule has 7 heteroatoms. The smallest absolute Gasteiger partial charge is 0.251 e. The Morgan fingerprint density at radius 2 is 1.71 bits per heavy atom. The number of nitrogens with zero attached hydrogens (tertiary/aromatic N) is 3. The second-order valence-corrected chi connectivity index (χ2v) is 12.9. The van der Waals surface area contributed by atoms with Gasteiger partial charge in [0.15, 0.2) is 0 Å². The highest BCUT2D eigenvalue weighted by atomic mass is 35.5. The van der Waals surface area contributed by atoms with Gasteiger partial charge in [0, 0.05) is 66.1 Å². The molecular formula is C35H43ClN4O2. The van der Waals surface area contributed by atoms with Crippen LogP contribution in [0.5, 0.6) is 5.75 Å². The van der Waals surface area contributed by atoms with Gasteiger partial charge < -0.3 is 19.5 Å². The SMILES string of the molecule is CN(C)C1(CNC(=O)c2ccc(OC3CCN(Cc4ccc5c(c4)c4ccccc4n5C)CC3)c(Cl)c2)CCCCC1. The van der Waals surface area contributed by atoms with E-state index in [0.29, 0.717) is 22.9 Å². The Morgan fingerprint density at radius 3 is 2.45 bits per heavy atom. The van der Waals surface area contributed by atoms with E-state index >= 15 is 0 Å². The number of halogens is 1. The van der Waals surface area contributed by atoms with E-state index in [9.17, 15) is 4.79 Å². The molecule has 1 aliphatic carbocycles. The molecule has 0 radical (unpaired) electrons. The van der Waals surface area contributed by atoms with Crippen molar-refractivity contribution in [1.29, 1.82) is 0 Å². The Balaban J connectivity index is 1.02. The number of likely N-dealkylation sites (tertiary alicyclic amines) is 1. The maximum atomic E-state index is 13.0. The third kappa shape index (κ3) is 5.90. The Labute approximate surface area is 254 Å². The van der Waals surface area contributed by atoms with Crippen LogP contribution in [0.25, 0.3) is 21.8 Å². The summed E-state index contributed by atoms with van der Waals surface area (Å²) in [5.74, 6) is 0.579. The first-order valence-corrected chi connectivity index (χ1v) is 15.8. The lowest BCUT2D eigenvalue weighted by Crippen LogP contribution is -2.53. The molecule has 1 aromatic heterocycles. The van der Waals surface area contributed by atoms with Gasteiger partial charge in [0.2, 0.25) is 0 Å². The zero-order valence-electron chi connectivity index (χ0n) is 25.2. The summed E-state index contributed by atoms with van der Waals surface area (Å²) in [6, 6.07) is 20.9. The zero-order chi connectivity index (χ0) is 29.3. The van der Waals surface area contributed by atoms with Crippen molar-refractivity contribution in [2.24, 2.45) is 7.05 Å². The normalized spacial score (nSPS) is 18.1. The van der Waals surface area contributed by atoms with Crippen LogP contribution in [-0.4, -0.2) is 65.6 Å². The monoisotopic (exact) mass is 586 g/mol. The lowest BCUT2D eigenvalue weighted by Gasteiger charge is -2.43. The highest BCUT2D eigenvalue weighted by molar-refractivity contribution is 6.32. The number of fused-ring (bicyclic) bond motifs is 3.